The highest BCUT2D eigenvalue weighted by molar-refractivity contribution is 6.32. The average Bonchev–Trinajstić information content (AvgIpc) is 2.90. The Morgan fingerprint density at radius 2 is 1.77 bits per heavy atom. The van der Waals surface area contributed by atoms with E-state index in [0.29, 0.717) is 10.8 Å². The number of fused-ring (bicyclic) bond motifs is 1. The van der Waals surface area contributed by atoms with Crippen LogP contribution in [0.4, 0.5) is 0 Å². The van der Waals surface area contributed by atoms with Crippen molar-refractivity contribution < 1.29 is 23.9 Å². The number of esters is 1. The Morgan fingerprint density at radius 3 is 2.38 bits per heavy atom. The minimum atomic E-state index is -0.916. The monoisotopic (exact) mass is 379 g/mol. The average molecular weight is 380 g/mol. The van der Waals surface area contributed by atoms with Crippen LogP contribution in [0.2, 0.25) is 5.02 Å². The highest BCUT2D eigenvalue weighted by Gasteiger charge is 2.51. The van der Waals surface area contributed by atoms with Crippen LogP contribution >= 0.6 is 11.6 Å². The van der Waals surface area contributed by atoms with Crippen molar-refractivity contribution in [3.8, 4) is 5.75 Å². The zero-order chi connectivity index (χ0) is 18.7. The summed E-state index contributed by atoms with van der Waals surface area (Å²) >= 11 is 5.98. The molecule has 2 amide bonds. The predicted molar refractivity (Wildman–Crippen MR) is 94.7 cm³/mol. The maximum absolute atomic E-state index is 12.5. The normalized spacial score (nSPS) is 23.5. The van der Waals surface area contributed by atoms with Crippen LogP contribution in [0.15, 0.2) is 24.3 Å². The van der Waals surface area contributed by atoms with Crippen molar-refractivity contribution in [2.75, 3.05) is 13.2 Å². The van der Waals surface area contributed by atoms with Gasteiger partial charge in [0.15, 0.2) is 0 Å². The van der Waals surface area contributed by atoms with Gasteiger partial charge in [-0.1, -0.05) is 36.6 Å². The first kappa shape index (κ1) is 18.7. The summed E-state index contributed by atoms with van der Waals surface area (Å²) < 4.78 is 10.6. The minimum Gasteiger partial charge on any atom is -0.488 e. The number of halogens is 1. The molecule has 0 spiro atoms. The lowest BCUT2D eigenvalue weighted by Gasteiger charge is -2.21. The zero-order valence-corrected chi connectivity index (χ0v) is 15.4. The third kappa shape index (κ3) is 3.70. The molecule has 2 fully saturated rings. The molecule has 26 heavy (non-hydrogen) atoms. The van der Waals surface area contributed by atoms with Crippen molar-refractivity contribution in [1.29, 1.82) is 0 Å². The van der Waals surface area contributed by atoms with Gasteiger partial charge in [-0.2, -0.15) is 0 Å². The first-order valence-corrected chi connectivity index (χ1v) is 9.29. The maximum atomic E-state index is 12.5. The molecule has 0 bridgehead atoms. The second-order valence-corrected chi connectivity index (χ2v) is 7.07. The van der Waals surface area contributed by atoms with Crippen molar-refractivity contribution in [3.63, 3.8) is 0 Å². The van der Waals surface area contributed by atoms with Gasteiger partial charge in [0.05, 0.1) is 16.9 Å². The maximum Gasteiger partial charge on any atom is 0.329 e. The number of hydrogen-bond acceptors (Lipinski definition) is 5. The highest BCUT2D eigenvalue weighted by atomic mass is 35.5. The van der Waals surface area contributed by atoms with E-state index in [2.05, 4.69) is 0 Å². The van der Waals surface area contributed by atoms with Crippen LogP contribution < -0.4 is 4.74 Å². The number of para-hydroxylation sites is 1. The van der Waals surface area contributed by atoms with Crippen LogP contribution in [0.5, 0.6) is 5.75 Å². The first-order chi connectivity index (χ1) is 12.5. The fourth-order valence-corrected chi connectivity index (χ4v) is 3.84. The third-order valence-corrected chi connectivity index (χ3v) is 5.34. The lowest BCUT2D eigenvalue weighted by Crippen LogP contribution is -2.44. The summed E-state index contributed by atoms with van der Waals surface area (Å²) in [6, 6.07) is 6.09. The second-order valence-electron chi connectivity index (χ2n) is 6.67. The Labute approximate surface area is 157 Å². The molecule has 3 atom stereocenters. The van der Waals surface area contributed by atoms with Gasteiger partial charge in [0.25, 0.3) is 0 Å². The van der Waals surface area contributed by atoms with E-state index in [1.165, 1.54) is 6.92 Å². The second kappa shape index (κ2) is 8.08. The van der Waals surface area contributed by atoms with Gasteiger partial charge in [-0.25, -0.2) is 4.79 Å². The van der Waals surface area contributed by atoms with E-state index in [1.54, 1.807) is 24.3 Å². The lowest BCUT2D eigenvalue weighted by atomic mass is 9.81. The number of rotatable bonds is 6. The van der Waals surface area contributed by atoms with Gasteiger partial charge < -0.3 is 9.47 Å². The molecule has 0 unspecified atom stereocenters. The fourth-order valence-electron chi connectivity index (χ4n) is 3.65. The van der Waals surface area contributed by atoms with Crippen molar-refractivity contribution >= 4 is 29.4 Å². The summed E-state index contributed by atoms with van der Waals surface area (Å²) in [5, 5.41) is 0.475. The molecule has 1 heterocycles. The predicted octanol–water partition coefficient (Wildman–Crippen LogP) is 2.83. The van der Waals surface area contributed by atoms with E-state index in [9.17, 15) is 14.4 Å². The smallest absolute Gasteiger partial charge is 0.329 e. The topological polar surface area (TPSA) is 72.9 Å². The standard InChI is InChI=1S/C19H22ClNO5/c1-12(21-17(22)13-6-2-3-7-14(13)18(21)23)19(24)26-11-10-25-16-9-5-4-8-15(16)20/h4-5,8-9,12-14H,2-3,6-7,10-11H2,1H3/t12-,13-,14+/m1/s1. The van der Waals surface area contributed by atoms with Crippen LogP contribution in [0.3, 0.4) is 0 Å². The lowest BCUT2D eigenvalue weighted by molar-refractivity contribution is -0.158. The number of imide groups is 1. The molecule has 140 valence electrons. The van der Waals surface area contributed by atoms with Gasteiger partial charge in [-0.3, -0.25) is 14.5 Å². The number of likely N-dealkylation sites (tertiary alicyclic amines) is 1. The molecular weight excluding hydrogens is 358 g/mol. The molecule has 0 aromatic heterocycles. The molecule has 2 aliphatic rings. The summed E-state index contributed by atoms with van der Waals surface area (Å²) in [5.41, 5.74) is 0. The van der Waals surface area contributed by atoms with Crippen LogP contribution in [0.1, 0.15) is 32.6 Å². The zero-order valence-electron chi connectivity index (χ0n) is 14.7. The van der Waals surface area contributed by atoms with Crippen molar-refractivity contribution in [2.24, 2.45) is 11.8 Å². The summed E-state index contributed by atoms with van der Waals surface area (Å²) in [4.78, 5) is 38.4. The molecule has 1 aliphatic carbocycles. The Morgan fingerprint density at radius 1 is 1.15 bits per heavy atom. The van der Waals surface area contributed by atoms with E-state index >= 15 is 0 Å². The molecule has 1 aliphatic heterocycles. The number of benzene rings is 1. The number of carbonyl (C=O) groups is 3. The Hall–Kier alpha value is -2.08. The molecule has 0 radical (unpaired) electrons. The first-order valence-electron chi connectivity index (χ1n) is 8.91. The minimum absolute atomic E-state index is 0.0114. The van der Waals surface area contributed by atoms with Crippen molar-refractivity contribution in [1.82, 2.24) is 4.90 Å². The summed E-state index contributed by atoms with van der Waals surface area (Å²) in [7, 11) is 0. The largest absolute Gasteiger partial charge is 0.488 e. The Balaban J connectivity index is 1.51. The molecule has 0 N–H and O–H groups in total. The van der Waals surface area contributed by atoms with E-state index < -0.39 is 12.0 Å². The molecular formula is C19H22ClNO5. The Kier molecular flexibility index (Phi) is 5.81. The third-order valence-electron chi connectivity index (χ3n) is 5.03. The van der Waals surface area contributed by atoms with Gasteiger partial charge in [0, 0.05) is 0 Å². The molecule has 7 heteroatoms. The van der Waals surface area contributed by atoms with E-state index in [-0.39, 0.29) is 36.9 Å². The number of amides is 2. The number of ether oxygens (including phenoxy) is 2. The number of hydrogen-bond donors (Lipinski definition) is 0. The number of nitrogens with zero attached hydrogens (tertiary/aromatic N) is 1. The SMILES string of the molecule is C[C@H](C(=O)OCCOc1ccccc1Cl)N1C(=O)[C@H]2CCCC[C@H]2C1=O. The molecule has 3 rings (SSSR count). The molecule has 6 nitrogen and oxygen atoms in total. The van der Waals surface area contributed by atoms with Gasteiger partial charge >= 0.3 is 5.97 Å². The van der Waals surface area contributed by atoms with Gasteiger partial charge in [0.1, 0.15) is 25.0 Å². The fraction of sp³-hybridized carbons (Fsp3) is 0.526. The molecule has 1 aromatic rings. The van der Waals surface area contributed by atoms with E-state index in [4.69, 9.17) is 21.1 Å². The highest BCUT2D eigenvalue weighted by Crippen LogP contribution is 2.38. The van der Waals surface area contributed by atoms with Gasteiger partial charge in [-0.15, -0.1) is 0 Å². The van der Waals surface area contributed by atoms with E-state index in [1.807, 2.05) is 0 Å². The van der Waals surface area contributed by atoms with Crippen LogP contribution in [-0.2, 0) is 19.1 Å². The van der Waals surface area contributed by atoms with Crippen molar-refractivity contribution in [2.45, 2.75) is 38.6 Å². The van der Waals surface area contributed by atoms with Gasteiger partial charge in [-0.05, 0) is 31.9 Å². The van der Waals surface area contributed by atoms with Crippen molar-refractivity contribution in [3.05, 3.63) is 29.3 Å². The Bertz CT molecular complexity index is 683. The van der Waals surface area contributed by atoms with Crippen LogP contribution in [-0.4, -0.2) is 41.9 Å². The summed E-state index contributed by atoms with van der Waals surface area (Å²) in [6.45, 7) is 1.68. The molecule has 1 saturated carbocycles. The molecule has 1 aromatic carbocycles. The van der Waals surface area contributed by atoms with Gasteiger partial charge in [0.2, 0.25) is 11.8 Å². The van der Waals surface area contributed by atoms with Crippen LogP contribution in [0, 0.1) is 11.8 Å². The molecule has 1 saturated heterocycles. The van der Waals surface area contributed by atoms with E-state index in [0.717, 1.165) is 30.6 Å². The number of carbonyl (C=O) groups excluding carboxylic acids is 3. The summed E-state index contributed by atoms with van der Waals surface area (Å²) in [6.07, 6.45) is 3.34. The summed E-state index contributed by atoms with van der Waals surface area (Å²) in [5.74, 6) is -1.11. The van der Waals surface area contributed by atoms with Crippen LogP contribution in [0.25, 0.3) is 0 Å². The quantitative estimate of drug-likeness (QED) is 0.431.